The minimum absolute atomic E-state index is 0.633. The highest BCUT2D eigenvalue weighted by atomic mass is 15.2. The first kappa shape index (κ1) is 13.8. The fraction of sp³-hybridized carbons (Fsp3) is 0.824. The summed E-state index contributed by atoms with van der Waals surface area (Å²) >= 11 is 0. The Kier molecular flexibility index (Phi) is 3.34. The zero-order valence-electron chi connectivity index (χ0n) is 13.4. The molecule has 4 rings (SSSR count). The van der Waals surface area contributed by atoms with Crippen LogP contribution in [-0.2, 0) is 13.6 Å². The first-order valence-corrected chi connectivity index (χ1v) is 8.59. The molecule has 1 aliphatic heterocycles. The number of nitrogens with zero attached hydrogens (tertiary/aromatic N) is 3. The second kappa shape index (κ2) is 5.10. The molecular formula is C17H28N4. The molecule has 0 radical (unpaired) electrons. The van der Waals surface area contributed by atoms with Crippen LogP contribution in [0.15, 0.2) is 12.4 Å². The molecule has 2 heterocycles. The summed E-state index contributed by atoms with van der Waals surface area (Å²) in [6, 6.07) is 0.809. The summed E-state index contributed by atoms with van der Waals surface area (Å²) in [4.78, 5) is 7.32. The lowest BCUT2D eigenvalue weighted by molar-refractivity contribution is 0.181. The van der Waals surface area contributed by atoms with E-state index in [1.54, 1.807) is 0 Å². The van der Waals surface area contributed by atoms with Gasteiger partial charge < -0.3 is 9.88 Å². The third-order valence-electron chi connectivity index (χ3n) is 6.20. The molecule has 1 spiro atoms. The number of aryl methyl sites for hydroxylation is 1. The van der Waals surface area contributed by atoms with Gasteiger partial charge in [-0.15, -0.1) is 0 Å². The monoisotopic (exact) mass is 288 g/mol. The summed E-state index contributed by atoms with van der Waals surface area (Å²) < 4.78 is 2.18. The van der Waals surface area contributed by atoms with Gasteiger partial charge >= 0.3 is 0 Å². The normalized spacial score (nSPS) is 33.6. The van der Waals surface area contributed by atoms with E-state index < -0.39 is 0 Å². The quantitative estimate of drug-likeness (QED) is 0.900. The summed E-state index contributed by atoms with van der Waals surface area (Å²) in [5, 5.41) is 3.52. The minimum atomic E-state index is 0.633. The predicted octanol–water partition coefficient (Wildman–Crippen LogP) is 2.02. The van der Waals surface area contributed by atoms with E-state index in [0.29, 0.717) is 5.41 Å². The number of hydrogen-bond acceptors (Lipinski definition) is 3. The van der Waals surface area contributed by atoms with Gasteiger partial charge in [-0.25, -0.2) is 4.98 Å². The maximum Gasteiger partial charge on any atom is 0.122 e. The van der Waals surface area contributed by atoms with Crippen molar-refractivity contribution in [3.05, 3.63) is 18.2 Å². The van der Waals surface area contributed by atoms with Crippen LogP contribution in [0.25, 0.3) is 0 Å². The second-order valence-electron chi connectivity index (χ2n) is 7.69. The fourth-order valence-corrected chi connectivity index (χ4v) is 4.29. The van der Waals surface area contributed by atoms with Gasteiger partial charge in [0, 0.05) is 32.0 Å². The molecule has 1 saturated heterocycles. The van der Waals surface area contributed by atoms with E-state index in [4.69, 9.17) is 0 Å². The third-order valence-corrected chi connectivity index (χ3v) is 6.20. The molecule has 3 unspecified atom stereocenters. The van der Waals surface area contributed by atoms with Crippen LogP contribution in [0.4, 0.5) is 0 Å². The van der Waals surface area contributed by atoms with Crippen molar-refractivity contribution >= 4 is 0 Å². The average molecular weight is 288 g/mol. The Balaban J connectivity index is 1.46. The Labute approximate surface area is 127 Å². The van der Waals surface area contributed by atoms with E-state index in [9.17, 15) is 0 Å². The van der Waals surface area contributed by atoms with Gasteiger partial charge in [-0.1, -0.05) is 6.92 Å². The van der Waals surface area contributed by atoms with Gasteiger partial charge in [0.1, 0.15) is 5.82 Å². The van der Waals surface area contributed by atoms with Gasteiger partial charge in [0.25, 0.3) is 0 Å². The van der Waals surface area contributed by atoms with Crippen LogP contribution in [0.1, 0.15) is 38.4 Å². The van der Waals surface area contributed by atoms with E-state index in [0.717, 1.165) is 24.4 Å². The molecule has 1 aromatic heterocycles. The van der Waals surface area contributed by atoms with Crippen molar-refractivity contribution in [3.63, 3.8) is 0 Å². The average Bonchev–Trinajstić information content (AvgIpc) is 3.31. The topological polar surface area (TPSA) is 33.1 Å². The number of hydrogen-bond donors (Lipinski definition) is 1. The van der Waals surface area contributed by atoms with Crippen molar-refractivity contribution < 1.29 is 0 Å². The first-order chi connectivity index (χ1) is 10.2. The van der Waals surface area contributed by atoms with Crippen LogP contribution in [-0.4, -0.2) is 40.1 Å². The van der Waals surface area contributed by atoms with Crippen LogP contribution >= 0.6 is 0 Å². The first-order valence-electron chi connectivity index (χ1n) is 8.59. The predicted molar refractivity (Wildman–Crippen MR) is 83.8 cm³/mol. The number of aromatic nitrogens is 2. The van der Waals surface area contributed by atoms with Gasteiger partial charge in [-0.2, -0.15) is 0 Å². The summed E-state index contributed by atoms with van der Waals surface area (Å²) in [6.45, 7) is 7.15. The SMILES string of the molecule is CC1CC1CN(Cc1nccn1C)C1CC12CCNCC2. The fourth-order valence-electron chi connectivity index (χ4n) is 4.29. The molecule has 0 aromatic carbocycles. The maximum absolute atomic E-state index is 4.55. The third kappa shape index (κ3) is 2.64. The van der Waals surface area contributed by atoms with Crippen molar-refractivity contribution in [2.24, 2.45) is 24.3 Å². The standard InChI is InChI=1S/C17H28N4/c1-13-9-14(13)11-21(12-16-19-7-8-20(16)2)15-10-17(15)3-5-18-6-4-17/h7-8,13-15,18H,3-6,9-12H2,1-2H3. The molecule has 21 heavy (non-hydrogen) atoms. The molecule has 1 aromatic rings. The summed E-state index contributed by atoms with van der Waals surface area (Å²) in [6.07, 6.45) is 9.59. The molecule has 4 nitrogen and oxygen atoms in total. The molecule has 3 aliphatic rings. The largest absolute Gasteiger partial charge is 0.337 e. The van der Waals surface area contributed by atoms with Crippen LogP contribution in [0.5, 0.6) is 0 Å². The Morgan fingerprint density at radius 2 is 2.19 bits per heavy atom. The molecule has 116 valence electrons. The summed E-state index contributed by atoms with van der Waals surface area (Å²) in [7, 11) is 2.12. The van der Waals surface area contributed by atoms with Crippen molar-refractivity contribution in [2.75, 3.05) is 19.6 Å². The zero-order chi connectivity index (χ0) is 14.4. The van der Waals surface area contributed by atoms with E-state index in [2.05, 4.69) is 39.9 Å². The molecule has 3 atom stereocenters. The van der Waals surface area contributed by atoms with Crippen LogP contribution < -0.4 is 5.32 Å². The lowest BCUT2D eigenvalue weighted by atomic mass is 9.93. The van der Waals surface area contributed by atoms with Crippen molar-refractivity contribution in [1.29, 1.82) is 0 Å². The molecule has 2 saturated carbocycles. The van der Waals surface area contributed by atoms with Gasteiger partial charge in [-0.3, -0.25) is 4.90 Å². The number of nitrogens with one attached hydrogen (secondary N) is 1. The van der Waals surface area contributed by atoms with Gasteiger partial charge in [0.15, 0.2) is 0 Å². The number of rotatable bonds is 5. The minimum Gasteiger partial charge on any atom is -0.337 e. The number of piperidine rings is 1. The van der Waals surface area contributed by atoms with Gasteiger partial charge in [0.2, 0.25) is 0 Å². The lowest BCUT2D eigenvalue weighted by Gasteiger charge is -2.29. The van der Waals surface area contributed by atoms with Crippen molar-refractivity contribution in [1.82, 2.24) is 19.8 Å². The molecule has 4 heteroatoms. The summed E-state index contributed by atoms with van der Waals surface area (Å²) in [5.74, 6) is 3.10. The zero-order valence-corrected chi connectivity index (χ0v) is 13.4. The van der Waals surface area contributed by atoms with E-state index in [1.807, 2.05) is 6.20 Å². The molecule has 2 aliphatic carbocycles. The Bertz CT molecular complexity index is 503. The van der Waals surface area contributed by atoms with Crippen molar-refractivity contribution in [2.45, 2.75) is 45.2 Å². The highest BCUT2D eigenvalue weighted by molar-refractivity contribution is 5.12. The van der Waals surface area contributed by atoms with Crippen LogP contribution in [0, 0.1) is 17.3 Å². The second-order valence-corrected chi connectivity index (χ2v) is 7.69. The Morgan fingerprint density at radius 1 is 1.43 bits per heavy atom. The number of imidazole rings is 1. The summed E-state index contributed by atoms with van der Waals surface area (Å²) in [5.41, 5.74) is 0.633. The van der Waals surface area contributed by atoms with Gasteiger partial charge in [-0.05, 0) is 56.0 Å². The van der Waals surface area contributed by atoms with Crippen LogP contribution in [0.3, 0.4) is 0 Å². The highest BCUT2D eigenvalue weighted by Crippen LogP contribution is 2.56. The molecule has 3 fully saturated rings. The molecule has 0 bridgehead atoms. The molecule has 0 amide bonds. The lowest BCUT2D eigenvalue weighted by Crippen LogP contribution is -2.37. The smallest absolute Gasteiger partial charge is 0.122 e. The Morgan fingerprint density at radius 3 is 2.81 bits per heavy atom. The van der Waals surface area contributed by atoms with E-state index in [-0.39, 0.29) is 0 Å². The van der Waals surface area contributed by atoms with Crippen LogP contribution in [0.2, 0.25) is 0 Å². The van der Waals surface area contributed by atoms with E-state index >= 15 is 0 Å². The Hall–Kier alpha value is -0.870. The van der Waals surface area contributed by atoms with E-state index in [1.165, 1.54) is 51.1 Å². The van der Waals surface area contributed by atoms with Crippen molar-refractivity contribution in [3.8, 4) is 0 Å². The molecule has 1 N–H and O–H groups in total. The highest BCUT2D eigenvalue weighted by Gasteiger charge is 2.57. The molecular weight excluding hydrogens is 260 g/mol. The van der Waals surface area contributed by atoms with Gasteiger partial charge in [0.05, 0.1) is 6.54 Å². The maximum atomic E-state index is 4.55.